The van der Waals surface area contributed by atoms with Crippen LogP contribution in [0.15, 0.2) is 0 Å². The monoisotopic (exact) mass is 185 g/mol. The van der Waals surface area contributed by atoms with Crippen LogP contribution >= 0.6 is 0 Å². The number of rotatable bonds is 6. The summed E-state index contributed by atoms with van der Waals surface area (Å²) in [5.41, 5.74) is 0. The summed E-state index contributed by atoms with van der Waals surface area (Å²) in [6, 6.07) is 0.691. The van der Waals surface area contributed by atoms with Crippen LogP contribution in [0.2, 0.25) is 0 Å². The molecule has 1 atom stereocenters. The van der Waals surface area contributed by atoms with E-state index in [0.29, 0.717) is 6.04 Å². The molecular weight excluding hydrogens is 158 g/mol. The maximum absolute atomic E-state index is 2.60. The van der Waals surface area contributed by atoms with Crippen LogP contribution in [0.4, 0.5) is 0 Å². The Labute approximate surface area is 84.5 Å². The minimum absolute atomic E-state index is 0.691. The molecular formula is C12H27N. The van der Waals surface area contributed by atoms with E-state index in [1.165, 1.54) is 19.5 Å². The Morgan fingerprint density at radius 2 is 1.46 bits per heavy atom. The second-order valence-corrected chi connectivity index (χ2v) is 4.95. The molecule has 0 bridgehead atoms. The van der Waals surface area contributed by atoms with Gasteiger partial charge in [-0.2, -0.15) is 0 Å². The number of hydrogen-bond acceptors (Lipinski definition) is 1. The lowest BCUT2D eigenvalue weighted by Crippen LogP contribution is -2.37. The minimum atomic E-state index is 0.691. The van der Waals surface area contributed by atoms with Gasteiger partial charge in [0, 0.05) is 19.1 Å². The maximum atomic E-state index is 2.60. The van der Waals surface area contributed by atoms with Crippen LogP contribution in [0, 0.1) is 11.8 Å². The van der Waals surface area contributed by atoms with Crippen molar-refractivity contribution in [1.29, 1.82) is 0 Å². The zero-order chi connectivity index (χ0) is 10.4. The molecule has 0 N–H and O–H groups in total. The van der Waals surface area contributed by atoms with E-state index in [-0.39, 0.29) is 0 Å². The molecule has 0 saturated heterocycles. The fraction of sp³-hybridized carbons (Fsp3) is 1.00. The van der Waals surface area contributed by atoms with Gasteiger partial charge < -0.3 is 4.90 Å². The van der Waals surface area contributed by atoms with Crippen molar-refractivity contribution in [2.75, 3.05) is 13.1 Å². The third kappa shape index (κ3) is 6.09. The van der Waals surface area contributed by atoms with Crippen LogP contribution in [-0.2, 0) is 0 Å². The fourth-order valence-corrected chi connectivity index (χ4v) is 1.49. The molecule has 0 spiro atoms. The van der Waals surface area contributed by atoms with Crippen LogP contribution < -0.4 is 0 Å². The molecule has 1 unspecified atom stereocenters. The molecule has 0 aliphatic heterocycles. The Bertz CT molecular complexity index is 118. The average Bonchev–Trinajstić information content (AvgIpc) is 2.02. The quantitative estimate of drug-likeness (QED) is 0.613. The highest BCUT2D eigenvalue weighted by Crippen LogP contribution is 2.10. The molecule has 80 valence electrons. The Kier molecular flexibility index (Phi) is 6.40. The van der Waals surface area contributed by atoms with E-state index in [0.717, 1.165) is 11.8 Å². The molecule has 1 heteroatoms. The lowest BCUT2D eigenvalue weighted by atomic mass is 10.1. The molecule has 0 aliphatic rings. The second-order valence-electron chi connectivity index (χ2n) is 4.95. The molecule has 0 heterocycles. The third-order valence-electron chi connectivity index (χ3n) is 2.57. The third-order valence-corrected chi connectivity index (χ3v) is 2.57. The minimum Gasteiger partial charge on any atom is -0.300 e. The van der Waals surface area contributed by atoms with E-state index in [1.807, 2.05) is 0 Å². The highest BCUT2D eigenvalue weighted by Gasteiger charge is 2.13. The SMILES string of the molecule is CCC(C)CN(CC(C)C)C(C)C. The predicted molar refractivity (Wildman–Crippen MR) is 61.0 cm³/mol. The van der Waals surface area contributed by atoms with Crippen LogP contribution in [-0.4, -0.2) is 24.0 Å². The Morgan fingerprint density at radius 3 is 1.77 bits per heavy atom. The van der Waals surface area contributed by atoms with Crippen LogP contribution in [0.25, 0.3) is 0 Å². The molecule has 13 heavy (non-hydrogen) atoms. The first-order valence-electron chi connectivity index (χ1n) is 5.71. The highest BCUT2D eigenvalue weighted by molar-refractivity contribution is 4.67. The first-order chi connectivity index (χ1) is 5.97. The maximum Gasteiger partial charge on any atom is 0.00388 e. The lowest BCUT2D eigenvalue weighted by molar-refractivity contribution is 0.170. The van der Waals surface area contributed by atoms with Crippen molar-refractivity contribution in [3.8, 4) is 0 Å². The zero-order valence-corrected chi connectivity index (χ0v) is 10.3. The molecule has 1 nitrogen and oxygen atoms in total. The largest absolute Gasteiger partial charge is 0.300 e. The van der Waals surface area contributed by atoms with Gasteiger partial charge in [-0.05, 0) is 25.7 Å². The lowest BCUT2D eigenvalue weighted by Gasteiger charge is -2.30. The summed E-state index contributed by atoms with van der Waals surface area (Å²) in [5, 5.41) is 0. The van der Waals surface area contributed by atoms with Gasteiger partial charge >= 0.3 is 0 Å². The van der Waals surface area contributed by atoms with Gasteiger partial charge in [0.25, 0.3) is 0 Å². The first-order valence-corrected chi connectivity index (χ1v) is 5.71. The normalized spacial score (nSPS) is 14.5. The molecule has 0 radical (unpaired) electrons. The molecule has 0 fully saturated rings. The van der Waals surface area contributed by atoms with Crippen molar-refractivity contribution in [1.82, 2.24) is 4.90 Å². The van der Waals surface area contributed by atoms with Crippen LogP contribution in [0.5, 0.6) is 0 Å². The van der Waals surface area contributed by atoms with Gasteiger partial charge in [-0.15, -0.1) is 0 Å². The highest BCUT2D eigenvalue weighted by atomic mass is 15.1. The Balaban J connectivity index is 3.94. The van der Waals surface area contributed by atoms with Crippen molar-refractivity contribution in [3.63, 3.8) is 0 Å². The van der Waals surface area contributed by atoms with E-state index < -0.39 is 0 Å². The topological polar surface area (TPSA) is 3.24 Å². The van der Waals surface area contributed by atoms with Gasteiger partial charge in [0.15, 0.2) is 0 Å². The molecule has 0 amide bonds. The summed E-state index contributed by atoms with van der Waals surface area (Å²) >= 11 is 0. The smallest absolute Gasteiger partial charge is 0.00388 e. The van der Waals surface area contributed by atoms with Gasteiger partial charge in [-0.25, -0.2) is 0 Å². The van der Waals surface area contributed by atoms with E-state index in [9.17, 15) is 0 Å². The van der Waals surface area contributed by atoms with Crippen molar-refractivity contribution >= 4 is 0 Å². The van der Waals surface area contributed by atoms with Crippen molar-refractivity contribution in [3.05, 3.63) is 0 Å². The van der Waals surface area contributed by atoms with Gasteiger partial charge in [-0.1, -0.05) is 34.1 Å². The molecule has 0 aromatic rings. The fourth-order valence-electron chi connectivity index (χ4n) is 1.49. The molecule has 0 saturated carbocycles. The van der Waals surface area contributed by atoms with Crippen molar-refractivity contribution in [2.24, 2.45) is 11.8 Å². The summed E-state index contributed by atoms with van der Waals surface area (Å²) in [5.74, 6) is 1.62. The Morgan fingerprint density at radius 1 is 0.923 bits per heavy atom. The van der Waals surface area contributed by atoms with E-state index in [4.69, 9.17) is 0 Å². The summed E-state index contributed by atoms with van der Waals surface area (Å²) in [4.78, 5) is 2.60. The van der Waals surface area contributed by atoms with Crippen LogP contribution in [0.3, 0.4) is 0 Å². The van der Waals surface area contributed by atoms with Gasteiger partial charge in [0.2, 0.25) is 0 Å². The molecule has 0 aliphatic carbocycles. The number of hydrogen-bond donors (Lipinski definition) is 0. The summed E-state index contributed by atoms with van der Waals surface area (Å²) < 4.78 is 0. The Hall–Kier alpha value is -0.0400. The molecule has 0 aromatic carbocycles. The van der Waals surface area contributed by atoms with E-state index >= 15 is 0 Å². The molecule has 0 aromatic heterocycles. The predicted octanol–water partition coefficient (Wildman–Crippen LogP) is 3.40. The zero-order valence-electron chi connectivity index (χ0n) is 10.3. The summed E-state index contributed by atoms with van der Waals surface area (Å²) in [6.45, 7) is 16.3. The standard InChI is InChI=1S/C12H27N/c1-7-12(6)9-13(11(4)5)8-10(2)3/h10-12H,7-9H2,1-6H3. The van der Waals surface area contributed by atoms with Crippen LogP contribution in [0.1, 0.15) is 48.0 Å². The average molecular weight is 185 g/mol. The van der Waals surface area contributed by atoms with E-state index in [1.54, 1.807) is 0 Å². The first kappa shape index (κ1) is 13.0. The van der Waals surface area contributed by atoms with Gasteiger partial charge in [0.05, 0.1) is 0 Å². The van der Waals surface area contributed by atoms with Crippen molar-refractivity contribution < 1.29 is 0 Å². The second kappa shape index (κ2) is 6.42. The molecule has 0 rings (SSSR count). The summed E-state index contributed by atoms with van der Waals surface area (Å²) in [7, 11) is 0. The summed E-state index contributed by atoms with van der Waals surface area (Å²) in [6.07, 6.45) is 1.29. The van der Waals surface area contributed by atoms with Gasteiger partial charge in [-0.3, -0.25) is 0 Å². The van der Waals surface area contributed by atoms with Gasteiger partial charge in [0.1, 0.15) is 0 Å². The number of nitrogens with zero attached hydrogens (tertiary/aromatic N) is 1. The van der Waals surface area contributed by atoms with Crippen molar-refractivity contribution in [2.45, 2.75) is 54.0 Å². The van der Waals surface area contributed by atoms with E-state index in [2.05, 4.69) is 46.4 Å².